The van der Waals surface area contributed by atoms with E-state index in [0.29, 0.717) is 18.5 Å². The number of benzene rings is 2. The van der Waals surface area contributed by atoms with Gasteiger partial charge in [-0.15, -0.1) is 0 Å². The first kappa shape index (κ1) is 21.1. The smallest absolute Gasteiger partial charge is 0.359 e. The van der Waals surface area contributed by atoms with Crippen LogP contribution in [0.2, 0.25) is 0 Å². The maximum Gasteiger partial charge on any atom is 0.416 e. The zero-order valence-corrected chi connectivity index (χ0v) is 16.3. The molecule has 1 unspecified atom stereocenters. The monoisotopic (exact) mass is 428 g/mol. The summed E-state index contributed by atoms with van der Waals surface area (Å²) in [5, 5.41) is 11.6. The summed E-state index contributed by atoms with van der Waals surface area (Å²) < 4.78 is 62.9. The van der Waals surface area contributed by atoms with Crippen molar-refractivity contribution in [3.05, 3.63) is 63.7 Å². The molecule has 6 nitrogen and oxygen atoms in total. The summed E-state index contributed by atoms with van der Waals surface area (Å²) in [7, 11) is -3.64. The molecule has 1 heterocycles. The van der Waals surface area contributed by atoms with Crippen LogP contribution in [0.3, 0.4) is 0 Å². The van der Waals surface area contributed by atoms with Crippen LogP contribution in [-0.4, -0.2) is 26.1 Å². The molecule has 1 fully saturated rings. The van der Waals surface area contributed by atoms with Gasteiger partial charge in [-0.25, -0.2) is 8.42 Å². The first-order valence-corrected chi connectivity index (χ1v) is 10.8. The molecule has 10 heteroatoms. The normalized spacial score (nSPS) is 17.9. The number of rotatable bonds is 4. The Balaban J connectivity index is 2.08. The van der Waals surface area contributed by atoms with Crippen LogP contribution < -0.4 is 4.90 Å². The molecular weight excluding hydrogens is 409 g/mol. The Labute approximate surface area is 166 Å². The van der Waals surface area contributed by atoms with Crippen molar-refractivity contribution < 1.29 is 26.5 Å². The quantitative estimate of drug-likeness (QED) is 0.519. The molecule has 0 amide bonds. The molecule has 0 radical (unpaired) electrons. The minimum absolute atomic E-state index is 0.180. The van der Waals surface area contributed by atoms with E-state index >= 15 is 0 Å². The summed E-state index contributed by atoms with van der Waals surface area (Å²) >= 11 is 0. The SMILES string of the molecule is CS(=O)(=O)c1ccc(N2CCCCC2c2cccc(C(F)(F)F)c2)c([N+](=O)[O-])c1. The number of nitro groups is 1. The lowest BCUT2D eigenvalue weighted by atomic mass is 9.93. The number of nitro benzene ring substituents is 1. The molecule has 0 spiro atoms. The Hall–Kier alpha value is -2.62. The molecule has 0 aromatic heterocycles. The third kappa shape index (κ3) is 4.52. The average Bonchev–Trinajstić information content (AvgIpc) is 2.66. The summed E-state index contributed by atoms with van der Waals surface area (Å²) in [6.45, 7) is 0.417. The zero-order chi connectivity index (χ0) is 21.4. The number of anilines is 1. The van der Waals surface area contributed by atoms with E-state index in [4.69, 9.17) is 0 Å². The minimum atomic E-state index is -4.49. The topological polar surface area (TPSA) is 80.5 Å². The van der Waals surface area contributed by atoms with Gasteiger partial charge in [-0.2, -0.15) is 13.2 Å². The van der Waals surface area contributed by atoms with E-state index in [1.165, 1.54) is 18.2 Å². The number of piperidine rings is 1. The van der Waals surface area contributed by atoms with Crippen molar-refractivity contribution in [1.29, 1.82) is 0 Å². The molecule has 0 saturated carbocycles. The highest BCUT2D eigenvalue weighted by Gasteiger charge is 2.34. The van der Waals surface area contributed by atoms with Crippen LogP contribution in [0.4, 0.5) is 24.5 Å². The van der Waals surface area contributed by atoms with Gasteiger partial charge in [-0.1, -0.05) is 12.1 Å². The van der Waals surface area contributed by atoms with E-state index in [2.05, 4.69) is 0 Å². The van der Waals surface area contributed by atoms with Crippen molar-refractivity contribution in [3.8, 4) is 0 Å². The lowest BCUT2D eigenvalue weighted by Crippen LogP contribution is -2.34. The molecule has 3 rings (SSSR count). The fourth-order valence-corrected chi connectivity index (χ4v) is 4.25. The molecular formula is C19H19F3N2O4S. The maximum atomic E-state index is 13.1. The number of alkyl halides is 3. The lowest BCUT2D eigenvalue weighted by Gasteiger charge is -2.37. The molecule has 2 aromatic carbocycles. The van der Waals surface area contributed by atoms with Crippen LogP contribution in [0.1, 0.15) is 36.4 Å². The fraction of sp³-hybridized carbons (Fsp3) is 0.368. The van der Waals surface area contributed by atoms with Gasteiger partial charge in [-0.3, -0.25) is 10.1 Å². The molecule has 2 aromatic rings. The van der Waals surface area contributed by atoms with Gasteiger partial charge in [0, 0.05) is 18.9 Å². The Bertz CT molecular complexity index is 1040. The Morgan fingerprint density at radius 1 is 1.14 bits per heavy atom. The Kier molecular flexibility index (Phi) is 5.57. The predicted molar refractivity (Wildman–Crippen MR) is 102 cm³/mol. The number of hydrogen-bond donors (Lipinski definition) is 0. The van der Waals surface area contributed by atoms with Crippen molar-refractivity contribution in [2.75, 3.05) is 17.7 Å². The average molecular weight is 428 g/mol. The molecule has 0 bridgehead atoms. The third-order valence-corrected chi connectivity index (χ3v) is 6.09. The second-order valence-electron chi connectivity index (χ2n) is 7.01. The maximum absolute atomic E-state index is 13.1. The highest BCUT2D eigenvalue weighted by atomic mass is 32.2. The van der Waals surface area contributed by atoms with Gasteiger partial charge < -0.3 is 4.90 Å². The van der Waals surface area contributed by atoms with E-state index < -0.39 is 32.5 Å². The van der Waals surface area contributed by atoms with Crippen LogP contribution in [0.15, 0.2) is 47.4 Å². The molecule has 0 N–H and O–H groups in total. The summed E-state index contributed by atoms with van der Waals surface area (Å²) in [6, 6.07) is 8.13. The van der Waals surface area contributed by atoms with Gasteiger partial charge in [-0.05, 0) is 49.1 Å². The van der Waals surface area contributed by atoms with Crippen molar-refractivity contribution >= 4 is 21.2 Å². The van der Waals surface area contributed by atoms with Crippen LogP contribution in [0, 0.1) is 10.1 Å². The van der Waals surface area contributed by atoms with Gasteiger partial charge in [0.15, 0.2) is 9.84 Å². The van der Waals surface area contributed by atoms with Crippen LogP contribution >= 0.6 is 0 Å². The third-order valence-electron chi connectivity index (χ3n) is 4.98. The standard InChI is InChI=1S/C19H19F3N2O4S/c1-29(27,28)15-8-9-17(18(12-15)24(25)26)23-10-3-2-7-16(23)13-5-4-6-14(11-13)19(20,21)22/h4-6,8-9,11-12,16H,2-3,7,10H2,1H3. The number of halogens is 3. The van der Waals surface area contributed by atoms with E-state index in [1.807, 2.05) is 0 Å². The molecule has 29 heavy (non-hydrogen) atoms. The van der Waals surface area contributed by atoms with Gasteiger partial charge in [0.05, 0.1) is 21.4 Å². The first-order valence-electron chi connectivity index (χ1n) is 8.91. The zero-order valence-electron chi connectivity index (χ0n) is 15.5. The highest BCUT2D eigenvalue weighted by Crippen LogP contribution is 2.41. The van der Waals surface area contributed by atoms with E-state index in [-0.39, 0.29) is 16.3 Å². The van der Waals surface area contributed by atoms with Crippen LogP contribution in [0.5, 0.6) is 0 Å². The van der Waals surface area contributed by atoms with Gasteiger partial charge in [0.25, 0.3) is 5.69 Å². The Morgan fingerprint density at radius 3 is 2.48 bits per heavy atom. The molecule has 1 atom stereocenters. The number of nitrogens with zero attached hydrogens (tertiary/aromatic N) is 2. The Morgan fingerprint density at radius 2 is 1.86 bits per heavy atom. The van der Waals surface area contributed by atoms with E-state index in [1.54, 1.807) is 11.0 Å². The molecule has 1 aliphatic rings. The predicted octanol–water partition coefficient (Wildman–Crippen LogP) is 4.75. The van der Waals surface area contributed by atoms with Crippen molar-refractivity contribution in [1.82, 2.24) is 0 Å². The summed E-state index contributed by atoms with van der Waals surface area (Å²) in [4.78, 5) is 12.5. The molecule has 1 aliphatic heterocycles. The van der Waals surface area contributed by atoms with Crippen LogP contribution in [-0.2, 0) is 16.0 Å². The number of hydrogen-bond acceptors (Lipinski definition) is 5. The van der Waals surface area contributed by atoms with Crippen molar-refractivity contribution in [2.24, 2.45) is 0 Å². The molecule has 156 valence electrons. The van der Waals surface area contributed by atoms with Crippen molar-refractivity contribution in [2.45, 2.75) is 36.4 Å². The van der Waals surface area contributed by atoms with Gasteiger partial charge >= 0.3 is 6.18 Å². The van der Waals surface area contributed by atoms with Gasteiger partial charge in [0.2, 0.25) is 0 Å². The fourth-order valence-electron chi connectivity index (χ4n) is 3.61. The second-order valence-corrected chi connectivity index (χ2v) is 9.02. The second kappa shape index (κ2) is 7.66. The molecule has 1 saturated heterocycles. The first-order chi connectivity index (χ1) is 13.5. The lowest BCUT2D eigenvalue weighted by molar-refractivity contribution is -0.384. The minimum Gasteiger partial charge on any atom is -0.359 e. The summed E-state index contributed by atoms with van der Waals surface area (Å²) in [5.74, 6) is 0. The van der Waals surface area contributed by atoms with Crippen molar-refractivity contribution in [3.63, 3.8) is 0 Å². The largest absolute Gasteiger partial charge is 0.416 e. The highest BCUT2D eigenvalue weighted by molar-refractivity contribution is 7.90. The summed E-state index contributed by atoms with van der Waals surface area (Å²) in [5.41, 5.74) is -0.542. The van der Waals surface area contributed by atoms with Crippen LogP contribution in [0.25, 0.3) is 0 Å². The number of sulfone groups is 1. The van der Waals surface area contributed by atoms with E-state index in [9.17, 15) is 31.7 Å². The molecule has 0 aliphatic carbocycles. The summed E-state index contributed by atoms with van der Waals surface area (Å²) in [6.07, 6.45) is -1.50. The van der Waals surface area contributed by atoms with Gasteiger partial charge in [0.1, 0.15) is 5.69 Å². The van der Waals surface area contributed by atoms with E-state index in [0.717, 1.165) is 37.3 Å².